The molecule has 88 valence electrons. The molecule has 1 aliphatic heterocycles. The molecule has 1 saturated carbocycles. The van der Waals surface area contributed by atoms with Crippen LogP contribution in [0.4, 0.5) is 0 Å². The van der Waals surface area contributed by atoms with Crippen molar-refractivity contribution < 1.29 is 0 Å². The summed E-state index contributed by atoms with van der Waals surface area (Å²) in [6.45, 7) is 0. The first kappa shape index (κ1) is 10.8. The summed E-state index contributed by atoms with van der Waals surface area (Å²) in [6.07, 6.45) is 6.60. The van der Waals surface area contributed by atoms with Gasteiger partial charge in [0.05, 0.1) is 12.1 Å². The second-order valence-corrected chi connectivity index (χ2v) is 5.17. The largest absolute Gasteiger partial charge is 0.274 e. The zero-order valence-electron chi connectivity index (χ0n) is 10.0. The number of nitriles is 1. The first-order valence-electron chi connectivity index (χ1n) is 6.64. The molecule has 0 spiro atoms. The molecule has 1 heterocycles. The Morgan fingerprint density at radius 2 is 1.76 bits per heavy atom. The van der Waals surface area contributed by atoms with Crippen molar-refractivity contribution in [3.05, 3.63) is 35.9 Å². The molecule has 2 heteroatoms. The SMILES string of the molecule is N#C[C@H]1[C@H](c2ccccc2)N1C1CCCCC1. The van der Waals surface area contributed by atoms with E-state index in [0.717, 1.165) is 0 Å². The molecular weight excluding hydrogens is 208 g/mol. The minimum atomic E-state index is 0.125. The normalized spacial score (nSPS) is 33.0. The van der Waals surface area contributed by atoms with Crippen molar-refractivity contribution in [3.63, 3.8) is 0 Å². The molecule has 1 aromatic rings. The Hall–Kier alpha value is -1.33. The van der Waals surface area contributed by atoms with Crippen molar-refractivity contribution >= 4 is 0 Å². The Morgan fingerprint density at radius 3 is 2.41 bits per heavy atom. The molecule has 0 bridgehead atoms. The van der Waals surface area contributed by atoms with E-state index in [0.29, 0.717) is 12.1 Å². The van der Waals surface area contributed by atoms with Crippen LogP contribution in [0.1, 0.15) is 43.7 Å². The predicted molar refractivity (Wildman–Crippen MR) is 67.3 cm³/mol. The smallest absolute Gasteiger partial charge is 0.119 e. The van der Waals surface area contributed by atoms with Crippen molar-refractivity contribution in [2.45, 2.75) is 50.2 Å². The van der Waals surface area contributed by atoms with Crippen molar-refractivity contribution in [2.24, 2.45) is 0 Å². The summed E-state index contributed by atoms with van der Waals surface area (Å²) in [5.74, 6) is 0. The molecule has 1 saturated heterocycles. The maximum absolute atomic E-state index is 9.25. The van der Waals surface area contributed by atoms with Gasteiger partial charge in [0.2, 0.25) is 0 Å². The zero-order chi connectivity index (χ0) is 11.7. The van der Waals surface area contributed by atoms with E-state index in [1.54, 1.807) is 0 Å². The highest BCUT2D eigenvalue weighted by Crippen LogP contribution is 2.47. The summed E-state index contributed by atoms with van der Waals surface area (Å²) >= 11 is 0. The van der Waals surface area contributed by atoms with E-state index in [9.17, 15) is 5.26 Å². The van der Waals surface area contributed by atoms with Crippen molar-refractivity contribution in [1.82, 2.24) is 4.90 Å². The predicted octanol–water partition coefficient (Wildman–Crippen LogP) is 3.27. The molecule has 1 aliphatic carbocycles. The number of rotatable bonds is 2. The summed E-state index contributed by atoms with van der Waals surface area (Å²) in [7, 11) is 0. The van der Waals surface area contributed by atoms with Gasteiger partial charge in [-0.05, 0) is 18.4 Å². The lowest BCUT2D eigenvalue weighted by Gasteiger charge is -2.23. The van der Waals surface area contributed by atoms with Gasteiger partial charge in [0.1, 0.15) is 6.04 Å². The fourth-order valence-corrected chi connectivity index (χ4v) is 3.22. The van der Waals surface area contributed by atoms with E-state index < -0.39 is 0 Å². The fourth-order valence-electron chi connectivity index (χ4n) is 3.22. The number of benzene rings is 1. The first-order valence-corrected chi connectivity index (χ1v) is 6.64. The van der Waals surface area contributed by atoms with Crippen LogP contribution in [0.2, 0.25) is 0 Å². The highest BCUT2D eigenvalue weighted by atomic mass is 15.4. The van der Waals surface area contributed by atoms with E-state index >= 15 is 0 Å². The van der Waals surface area contributed by atoms with Gasteiger partial charge in [0.25, 0.3) is 0 Å². The molecule has 2 aliphatic rings. The molecule has 3 rings (SSSR count). The zero-order valence-corrected chi connectivity index (χ0v) is 10.0. The van der Waals surface area contributed by atoms with Crippen LogP contribution in [0, 0.1) is 11.3 Å². The minimum absolute atomic E-state index is 0.125. The van der Waals surface area contributed by atoms with E-state index in [1.807, 2.05) is 6.07 Å². The Kier molecular flexibility index (Phi) is 2.86. The summed E-state index contributed by atoms with van der Waals surface area (Å²) < 4.78 is 0. The standard InChI is InChI=1S/C15H18N2/c16-11-14-15(12-7-3-1-4-8-12)17(14)13-9-5-2-6-10-13/h1,3-4,7-8,13-15H,2,5-6,9-10H2/t14-,15-,17?/m0/s1. The number of nitrogens with zero attached hydrogens (tertiary/aromatic N) is 2. The lowest BCUT2D eigenvalue weighted by molar-refractivity contribution is 0.276. The van der Waals surface area contributed by atoms with Gasteiger partial charge in [0.15, 0.2) is 0 Å². The molecular formula is C15H18N2. The van der Waals surface area contributed by atoms with Crippen LogP contribution >= 0.6 is 0 Å². The average Bonchev–Trinajstić information content (AvgIpc) is 3.15. The Bertz CT molecular complexity index is 414. The third-order valence-electron chi connectivity index (χ3n) is 4.12. The van der Waals surface area contributed by atoms with Gasteiger partial charge in [-0.25, -0.2) is 0 Å². The quantitative estimate of drug-likeness (QED) is 0.724. The third kappa shape index (κ3) is 1.96. The Balaban J connectivity index is 1.76. The lowest BCUT2D eigenvalue weighted by atomic mass is 9.95. The van der Waals surface area contributed by atoms with Crippen LogP contribution in [-0.4, -0.2) is 17.0 Å². The van der Waals surface area contributed by atoms with Crippen LogP contribution in [-0.2, 0) is 0 Å². The molecule has 0 radical (unpaired) electrons. The highest BCUT2D eigenvalue weighted by molar-refractivity contribution is 5.32. The van der Waals surface area contributed by atoms with Gasteiger partial charge >= 0.3 is 0 Å². The Labute approximate surface area is 103 Å². The summed E-state index contributed by atoms with van der Waals surface area (Å²) in [6, 6.07) is 14.1. The molecule has 0 aromatic heterocycles. The number of hydrogen-bond acceptors (Lipinski definition) is 2. The van der Waals surface area contributed by atoms with E-state index in [4.69, 9.17) is 0 Å². The van der Waals surface area contributed by atoms with Crippen LogP contribution in [0.25, 0.3) is 0 Å². The van der Waals surface area contributed by atoms with Crippen molar-refractivity contribution in [1.29, 1.82) is 5.26 Å². The van der Waals surface area contributed by atoms with Crippen molar-refractivity contribution in [2.75, 3.05) is 0 Å². The van der Waals surface area contributed by atoms with Crippen LogP contribution < -0.4 is 0 Å². The van der Waals surface area contributed by atoms with Crippen LogP contribution in [0.15, 0.2) is 30.3 Å². The average molecular weight is 226 g/mol. The molecule has 3 atom stereocenters. The number of hydrogen-bond donors (Lipinski definition) is 0. The first-order chi connectivity index (χ1) is 8.42. The van der Waals surface area contributed by atoms with Gasteiger partial charge in [0, 0.05) is 6.04 Å². The maximum atomic E-state index is 9.25. The van der Waals surface area contributed by atoms with Crippen LogP contribution in [0.5, 0.6) is 0 Å². The van der Waals surface area contributed by atoms with E-state index in [1.165, 1.54) is 37.7 Å². The van der Waals surface area contributed by atoms with Gasteiger partial charge in [-0.1, -0.05) is 49.6 Å². The molecule has 0 N–H and O–H groups in total. The summed E-state index contributed by atoms with van der Waals surface area (Å²) in [4.78, 5) is 2.43. The van der Waals surface area contributed by atoms with E-state index in [-0.39, 0.29) is 6.04 Å². The molecule has 2 fully saturated rings. The van der Waals surface area contributed by atoms with Crippen molar-refractivity contribution in [3.8, 4) is 6.07 Å². The molecule has 2 nitrogen and oxygen atoms in total. The van der Waals surface area contributed by atoms with Gasteiger partial charge in [-0.2, -0.15) is 5.26 Å². The molecule has 1 unspecified atom stereocenters. The topological polar surface area (TPSA) is 26.8 Å². The molecule has 1 aromatic carbocycles. The maximum Gasteiger partial charge on any atom is 0.119 e. The van der Waals surface area contributed by atoms with Gasteiger partial charge < -0.3 is 0 Å². The lowest BCUT2D eigenvalue weighted by Crippen LogP contribution is -2.23. The fraction of sp³-hybridized carbons (Fsp3) is 0.533. The molecule has 17 heavy (non-hydrogen) atoms. The minimum Gasteiger partial charge on any atom is -0.274 e. The second kappa shape index (κ2) is 4.50. The third-order valence-corrected chi connectivity index (χ3v) is 4.12. The van der Waals surface area contributed by atoms with Crippen LogP contribution in [0.3, 0.4) is 0 Å². The Morgan fingerprint density at radius 1 is 1.06 bits per heavy atom. The second-order valence-electron chi connectivity index (χ2n) is 5.17. The highest BCUT2D eigenvalue weighted by Gasteiger charge is 2.52. The van der Waals surface area contributed by atoms with Gasteiger partial charge in [-0.15, -0.1) is 0 Å². The summed E-state index contributed by atoms with van der Waals surface area (Å²) in [5.41, 5.74) is 1.31. The monoisotopic (exact) mass is 226 g/mol. The summed E-state index contributed by atoms with van der Waals surface area (Å²) in [5, 5.41) is 9.25. The van der Waals surface area contributed by atoms with Gasteiger partial charge in [-0.3, -0.25) is 4.90 Å². The van der Waals surface area contributed by atoms with E-state index in [2.05, 4.69) is 35.2 Å². The molecule has 0 amide bonds.